The van der Waals surface area contributed by atoms with Crippen molar-refractivity contribution in [2.75, 3.05) is 5.32 Å². The molecule has 0 amide bonds. The van der Waals surface area contributed by atoms with Crippen LogP contribution >= 0.6 is 0 Å². The molecule has 0 aliphatic heterocycles. The Hall–Kier alpha value is -1.90. The van der Waals surface area contributed by atoms with Crippen molar-refractivity contribution in [2.24, 2.45) is 0 Å². The van der Waals surface area contributed by atoms with Crippen LogP contribution in [0.15, 0.2) is 36.7 Å². The Labute approximate surface area is 102 Å². The van der Waals surface area contributed by atoms with Crippen molar-refractivity contribution < 1.29 is 0 Å². The van der Waals surface area contributed by atoms with Crippen molar-refractivity contribution in [1.29, 1.82) is 0 Å². The third-order valence-corrected chi connectivity index (χ3v) is 2.73. The van der Waals surface area contributed by atoms with Gasteiger partial charge in [0.05, 0.1) is 17.4 Å². The predicted molar refractivity (Wildman–Crippen MR) is 70.0 cm³/mol. The topological polar surface area (TPSA) is 37.8 Å². The highest BCUT2D eigenvalue weighted by Crippen LogP contribution is 2.19. The summed E-state index contributed by atoms with van der Waals surface area (Å²) in [5.74, 6) is 0. The fourth-order valence-electron chi connectivity index (χ4n) is 1.90. The predicted octanol–water partition coefficient (Wildman–Crippen LogP) is 3.27. The molecule has 2 rings (SSSR count). The Morgan fingerprint density at radius 2 is 1.88 bits per heavy atom. The first-order chi connectivity index (χ1) is 8.16. The molecule has 0 saturated heterocycles. The fraction of sp³-hybridized carbons (Fsp3) is 0.286. The summed E-state index contributed by atoms with van der Waals surface area (Å²) in [5, 5.41) is 3.44. The molecular formula is C14H17N3. The van der Waals surface area contributed by atoms with Crippen LogP contribution < -0.4 is 5.32 Å². The average Bonchev–Trinajstić information content (AvgIpc) is 2.29. The first kappa shape index (κ1) is 11.6. The molecule has 0 aliphatic rings. The van der Waals surface area contributed by atoms with Gasteiger partial charge in [-0.1, -0.05) is 12.1 Å². The van der Waals surface area contributed by atoms with E-state index in [0.29, 0.717) is 0 Å². The van der Waals surface area contributed by atoms with Crippen molar-refractivity contribution in [1.82, 2.24) is 9.97 Å². The summed E-state index contributed by atoms with van der Waals surface area (Å²) in [6.45, 7) is 6.17. The minimum Gasteiger partial charge on any atom is -0.377 e. The molecule has 3 nitrogen and oxygen atoms in total. The molecule has 1 N–H and O–H groups in total. The van der Waals surface area contributed by atoms with Crippen molar-refractivity contribution >= 4 is 5.69 Å². The molecule has 1 heterocycles. The molecule has 1 aromatic heterocycles. The van der Waals surface area contributed by atoms with Gasteiger partial charge in [-0.3, -0.25) is 9.97 Å². The molecule has 0 bridgehead atoms. The van der Waals surface area contributed by atoms with E-state index in [0.717, 1.165) is 17.1 Å². The normalized spacial score (nSPS) is 12.2. The van der Waals surface area contributed by atoms with Gasteiger partial charge in [0.25, 0.3) is 0 Å². The number of aromatic nitrogens is 2. The van der Waals surface area contributed by atoms with Gasteiger partial charge in [0.2, 0.25) is 0 Å². The number of nitrogens with one attached hydrogen (secondary N) is 1. The van der Waals surface area contributed by atoms with Gasteiger partial charge in [-0.2, -0.15) is 0 Å². The monoisotopic (exact) mass is 227 g/mol. The first-order valence-corrected chi connectivity index (χ1v) is 5.77. The van der Waals surface area contributed by atoms with Crippen molar-refractivity contribution in [2.45, 2.75) is 26.8 Å². The van der Waals surface area contributed by atoms with Crippen LogP contribution in [0.2, 0.25) is 0 Å². The molecule has 0 radical (unpaired) electrons. The molecule has 0 saturated carbocycles. The van der Waals surface area contributed by atoms with Crippen LogP contribution in [0.1, 0.15) is 29.9 Å². The number of aryl methyl sites for hydroxylation is 2. The molecule has 2 aromatic rings. The third-order valence-electron chi connectivity index (χ3n) is 2.73. The summed E-state index contributed by atoms with van der Waals surface area (Å²) >= 11 is 0. The smallest absolute Gasteiger partial charge is 0.0835 e. The van der Waals surface area contributed by atoms with Gasteiger partial charge in [-0.25, -0.2) is 0 Å². The van der Waals surface area contributed by atoms with E-state index >= 15 is 0 Å². The largest absolute Gasteiger partial charge is 0.377 e. The maximum atomic E-state index is 4.37. The Balaban J connectivity index is 2.17. The van der Waals surface area contributed by atoms with E-state index in [1.807, 2.05) is 13.0 Å². The molecule has 88 valence electrons. The Bertz CT molecular complexity index is 508. The van der Waals surface area contributed by atoms with Crippen molar-refractivity contribution in [3.63, 3.8) is 0 Å². The van der Waals surface area contributed by atoms with Gasteiger partial charge in [0.1, 0.15) is 0 Å². The average molecular weight is 227 g/mol. The minimum absolute atomic E-state index is 0.158. The molecule has 1 unspecified atom stereocenters. The summed E-state index contributed by atoms with van der Waals surface area (Å²) in [5.41, 5.74) is 4.33. The molecule has 1 aromatic carbocycles. The zero-order valence-corrected chi connectivity index (χ0v) is 10.4. The van der Waals surface area contributed by atoms with Gasteiger partial charge in [0.15, 0.2) is 0 Å². The van der Waals surface area contributed by atoms with E-state index in [9.17, 15) is 0 Å². The van der Waals surface area contributed by atoms with Crippen LogP contribution in [0.3, 0.4) is 0 Å². The standard InChI is InChI=1S/C14H17N3/c1-10-5-4-6-13(9-10)17-12(3)14-11(2)15-7-8-16-14/h4-9,12,17H,1-3H3. The second kappa shape index (κ2) is 4.95. The number of rotatable bonds is 3. The molecular weight excluding hydrogens is 210 g/mol. The van der Waals surface area contributed by atoms with Crippen LogP contribution in [0.4, 0.5) is 5.69 Å². The maximum Gasteiger partial charge on any atom is 0.0835 e. The summed E-state index contributed by atoms with van der Waals surface area (Å²) in [6, 6.07) is 8.49. The lowest BCUT2D eigenvalue weighted by Crippen LogP contribution is -2.10. The lowest BCUT2D eigenvalue weighted by Gasteiger charge is -2.16. The second-order valence-electron chi connectivity index (χ2n) is 4.26. The lowest BCUT2D eigenvalue weighted by molar-refractivity contribution is 0.810. The highest BCUT2D eigenvalue weighted by Gasteiger charge is 2.09. The minimum atomic E-state index is 0.158. The van der Waals surface area contributed by atoms with Crippen molar-refractivity contribution in [3.05, 3.63) is 53.6 Å². The van der Waals surface area contributed by atoms with E-state index in [2.05, 4.69) is 47.3 Å². The Morgan fingerprint density at radius 1 is 1.12 bits per heavy atom. The third kappa shape index (κ3) is 2.81. The van der Waals surface area contributed by atoms with Gasteiger partial charge in [-0.05, 0) is 38.5 Å². The summed E-state index contributed by atoms with van der Waals surface area (Å²) in [6.07, 6.45) is 3.45. The van der Waals surface area contributed by atoms with Crippen LogP contribution in [0, 0.1) is 13.8 Å². The fourth-order valence-corrected chi connectivity index (χ4v) is 1.90. The van der Waals surface area contributed by atoms with Crippen LogP contribution in [0.25, 0.3) is 0 Å². The van der Waals surface area contributed by atoms with E-state index < -0.39 is 0 Å². The summed E-state index contributed by atoms with van der Waals surface area (Å²) in [7, 11) is 0. The zero-order chi connectivity index (χ0) is 12.3. The summed E-state index contributed by atoms with van der Waals surface area (Å²) in [4.78, 5) is 8.63. The highest BCUT2D eigenvalue weighted by atomic mass is 15.0. The number of benzene rings is 1. The maximum absolute atomic E-state index is 4.37. The number of anilines is 1. The van der Waals surface area contributed by atoms with Crippen LogP contribution in [-0.4, -0.2) is 9.97 Å². The van der Waals surface area contributed by atoms with E-state index in [-0.39, 0.29) is 6.04 Å². The van der Waals surface area contributed by atoms with E-state index in [1.54, 1.807) is 12.4 Å². The van der Waals surface area contributed by atoms with Crippen LogP contribution in [0.5, 0.6) is 0 Å². The van der Waals surface area contributed by atoms with Gasteiger partial charge < -0.3 is 5.32 Å². The first-order valence-electron chi connectivity index (χ1n) is 5.77. The van der Waals surface area contributed by atoms with Gasteiger partial charge in [0, 0.05) is 18.1 Å². The second-order valence-corrected chi connectivity index (χ2v) is 4.26. The van der Waals surface area contributed by atoms with Crippen LogP contribution in [-0.2, 0) is 0 Å². The highest BCUT2D eigenvalue weighted by molar-refractivity contribution is 5.47. The molecule has 0 aliphatic carbocycles. The number of hydrogen-bond acceptors (Lipinski definition) is 3. The van der Waals surface area contributed by atoms with Gasteiger partial charge >= 0.3 is 0 Å². The number of hydrogen-bond donors (Lipinski definition) is 1. The quantitative estimate of drug-likeness (QED) is 0.874. The van der Waals surface area contributed by atoms with E-state index in [1.165, 1.54) is 5.56 Å². The molecule has 0 fully saturated rings. The summed E-state index contributed by atoms with van der Waals surface area (Å²) < 4.78 is 0. The zero-order valence-electron chi connectivity index (χ0n) is 10.4. The van der Waals surface area contributed by atoms with E-state index in [4.69, 9.17) is 0 Å². The molecule has 3 heteroatoms. The molecule has 0 spiro atoms. The SMILES string of the molecule is Cc1cccc(NC(C)c2nccnc2C)c1. The Kier molecular flexibility index (Phi) is 3.38. The van der Waals surface area contributed by atoms with Gasteiger partial charge in [-0.15, -0.1) is 0 Å². The number of nitrogens with zero attached hydrogens (tertiary/aromatic N) is 2. The molecule has 1 atom stereocenters. The van der Waals surface area contributed by atoms with Crippen molar-refractivity contribution in [3.8, 4) is 0 Å². The lowest BCUT2D eigenvalue weighted by atomic mass is 10.1. The molecule has 17 heavy (non-hydrogen) atoms. The Morgan fingerprint density at radius 3 is 2.59 bits per heavy atom.